The minimum Gasteiger partial charge on any atom is -0.508 e. The van der Waals surface area contributed by atoms with Crippen molar-refractivity contribution in [3.8, 4) is 17.2 Å². The van der Waals surface area contributed by atoms with Crippen LogP contribution in [0.3, 0.4) is 0 Å². The Labute approximate surface area is 266 Å². The zero-order valence-corrected chi connectivity index (χ0v) is 25.0. The molecule has 8 heteroatoms. The first kappa shape index (κ1) is 31.6. The maximum absolute atomic E-state index is 13.3. The topological polar surface area (TPSA) is 82.1 Å². The molecule has 218 valence electrons. The van der Waals surface area contributed by atoms with Gasteiger partial charge in [-0.05, 0) is 116 Å². The van der Waals surface area contributed by atoms with Crippen molar-refractivity contribution in [1.29, 1.82) is 0 Å². The number of hydrogen-bond donors (Lipinski definition) is 1. The van der Waals surface area contributed by atoms with Crippen molar-refractivity contribution >= 4 is 21.3 Å². The van der Waals surface area contributed by atoms with E-state index in [1.165, 1.54) is 0 Å². The molecule has 2 bridgehead atoms. The van der Waals surface area contributed by atoms with Crippen LogP contribution < -0.4 is 8.92 Å². The molecule has 4 aliphatic rings. The first-order valence-corrected chi connectivity index (χ1v) is 15.2. The van der Waals surface area contributed by atoms with E-state index >= 15 is 0 Å². The predicted octanol–water partition coefficient (Wildman–Crippen LogP) is 6.05. The molecule has 2 aliphatic carbocycles. The Morgan fingerprint density at radius 2 is 1.30 bits per heavy atom. The van der Waals surface area contributed by atoms with E-state index in [2.05, 4.69) is 0 Å². The Hall–Kier alpha value is -2.77. The number of phenolic OH excluding ortho intramolecular Hbond substituents is 1. The average molecular weight is 635 g/mol. The number of para-hydroxylation sites is 1. The van der Waals surface area contributed by atoms with Gasteiger partial charge in [-0.2, -0.15) is 8.42 Å². The molecule has 43 heavy (non-hydrogen) atoms. The number of fused-ring (bicyclic) bond motifs is 2. The van der Waals surface area contributed by atoms with Gasteiger partial charge in [0.1, 0.15) is 28.6 Å². The van der Waals surface area contributed by atoms with Gasteiger partial charge in [-0.1, -0.05) is 42.5 Å². The summed E-state index contributed by atoms with van der Waals surface area (Å²) in [5.74, 6) is 2.26. The van der Waals surface area contributed by atoms with E-state index in [1.54, 1.807) is 42.5 Å². The molecule has 1 N–H and O–H groups in total. The summed E-state index contributed by atoms with van der Waals surface area (Å²) in [6.07, 6.45) is 17.2. The van der Waals surface area contributed by atoms with Gasteiger partial charge in [0.05, 0.1) is 12.7 Å². The molecular weight excluding hydrogens is 604 g/mol. The summed E-state index contributed by atoms with van der Waals surface area (Å²) in [6, 6.07) is 23.1. The third-order valence-electron chi connectivity index (χ3n) is 7.35. The van der Waals surface area contributed by atoms with Gasteiger partial charge in [-0.3, -0.25) is 0 Å². The molecule has 3 aromatic carbocycles. The van der Waals surface area contributed by atoms with Crippen molar-refractivity contribution < 1.29 is 44.2 Å². The maximum atomic E-state index is 13.3. The van der Waals surface area contributed by atoms with Gasteiger partial charge >= 0.3 is 27.2 Å². The third kappa shape index (κ3) is 7.49. The average Bonchev–Trinajstić information content (AvgIpc) is 3.84. The van der Waals surface area contributed by atoms with Crippen LogP contribution in [0.15, 0.2) is 78.9 Å². The Kier molecular flexibility index (Phi) is 10.6. The van der Waals surface area contributed by atoms with E-state index < -0.39 is 27.6 Å². The van der Waals surface area contributed by atoms with E-state index in [1.807, 2.05) is 94.2 Å². The molecule has 7 rings (SSSR count). The summed E-state index contributed by atoms with van der Waals surface area (Å²) >= 11 is 0. The molecule has 10 radical (unpaired) electrons. The number of phenols is 1. The number of benzene rings is 3. The molecule has 0 amide bonds. The van der Waals surface area contributed by atoms with Crippen LogP contribution in [0.2, 0.25) is 0 Å². The first-order valence-electron chi connectivity index (χ1n) is 13.8. The Morgan fingerprint density at radius 3 is 1.93 bits per heavy atom. The Morgan fingerprint density at radius 1 is 0.721 bits per heavy atom. The van der Waals surface area contributed by atoms with Crippen LogP contribution >= 0.6 is 0 Å². The molecule has 1 saturated heterocycles. The van der Waals surface area contributed by atoms with E-state index in [4.69, 9.17) is 13.7 Å². The predicted molar refractivity (Wildman–Crippen MR) is 162 cm³/mol. The molecule has 2 aliphatic heterocycles. The van der Waals surface area contributed by atoms with Crippen molar-refractivity contribution in [1.82, 2.24) is 0 Å². The van der Waals surface area contributed by atoms with Gasteiger partial charge < -0.3 is 18.8 Å². The molecular formula is C35H30FeO6S+2. The quantitative estimate of drug-likeness (QED) is 0.240. The van der Waals surface area contributed by atoms with Crippen LogP contribution in [0, 0.1) is 63.7 Å². The summed E-state index contributed by atoms with van der Waals surface area (Å²) in [4.78, 5) is 0. The Bertz CT molecular complexity index is 1450. The van der Waals surface area contributed by atoms with Crippen molar-refractivity contribution in [2.75, 3.05) is 6.61 Å². The van der Waals surface area contributed by atoms with Crippen LogP contribution in [-0.2, 0) is 31.9 Å². The van der Waals surface area contributed by atoms with Crippen LogP contribution in [0.25, 0.3) is 11.1 Å². The second-order valence-corrected chi connectivity index (χ2v) is 11.9. The molecule has 0 unspecified atom stereocenters. The monoisotopic (exact) mass is 634 g/mol. The molecule has 0 aromatic heterocycles. The standard InChI is InChI=1S/C30H25O6S.C5H5.Fe/c31-23-14-10-21(11-15-23)28-26-18-27(37(32,33)36-25-8-2-1-3-9-25)30(35-26)29(28)22-12-16-24(17-13-22)34-19-20-6-4-5-7-20;1-2-4-5-3-1;/h1-17,26-27,30-31H,18-19H2;1-5H;/q;;+2/t26-,27+,30+;;/m1../s1. The SMILES string of the molecule is O=S(=O)(Oc1ccccc1)[C@H]1C[C@H]2O[C@@H]1C(c1ccc(OC[C]3[CH][CH][CH][CH]3)cc1)=C2c1ccc(O)cc1.[CH]1[CH][CH][CH][CH]1.[Fe+2]. The van der Waals surface area contributed by atoms with Crippen molar-refractivity contribution in [3.63, 3.8) is 0 Å². The second kappa shape index (κ2) is 14.3. The number of rotatable bonds is 8. The fraction of sp³-hybridized carbons (Fsp3) is 0.143. The normalized spacial score (nSPS) is 23.0. The minimum absolute atomic E-state index is 0. The van der Waals surface area contributed by atoms with E-state index in [9.17, 15) is 13.5 Å². The molecule has 2 heterocycles. The summed E-state index contributed by atoms with van der Waals surface area (Å²) in [7, 11) is -3.96. The van der Waals surface area contributed by atoms with Gasteiger partial charge in [0.15, 0.2) is 0 Å². The first-order chi connectivity index (χ1) is 20.5. The van der Waals surface area contributed by atoms with Crippen LogP contribution in [0.4, 0.5) is 0 Å². The smallest absolute Gasteiger partial charge is 0.508 e. The number of aromatic hydroxyl groups is 1. The van der Waals surface area contributed by atoms with Gasteiger partial charge in [-0.25, -0.2) is 0 Å². The number of ether oxygens (including phenoxy) is 2. The van der Waals surface area contributed by atoms with E-state index in [-0.39, 0.29) is 28.6 Å². The molecule has 3 fully saturated rings. The zero-order chi connectivity index (χ0) is 28.9. The number of hydrogen-bond acceptors (Lipinski definition) is 6. The van der Waals surface area contributed by atoms with Gasteiger partial charge in [0, 0.05) is 12.3 Å². The van der Waals surface area contributed by atoms with Crippen LogP contribution in [0.5, 0.6) is 17.2 Å². The minimum atomic E-state index is -3.96. The van der Waals surface area contributed by atoms with Crippen molar-refractivity contribution in [3.05, 3.63) is 154 Å². The van der Waals surface area contributed by atoms with E-state index in [0.717, 1.165) is 33.9 Å². The maximum Gasteiger partial charge on any atom is 2.00 e. The van der Waals surface area contributed by atoms with Gasteiger partial charge in [0.2, 0.25) is 0 Å². The molecule has 3 atom stereocenters. The molecule has 0 spiro atoms. The second-order valence-electron chi connectivity index (χ2n) is 10.2. The van der Waals surface area contributed by atoms with Gasteiger partial charge in [-0.15, -0.1) is 0 Å². The Balaban J connectivity index is 0.000000559. The summed E-state index contributed by atoms with van der Waals surface area (Å²) in [5.41, 5.74) is 3.49. The fourth-order valence-corrected chi connectivity index (χ4v) is 6.81. The summed E-state index contributed by atoms with van der Waals surface area (Å²) in [5, 5.41) is 8.95. The molecule has 6 nitrogen and oxygen atoms in total. The van der Waals surface area contributed by atoms with E-state index in [0.29, 0.717) is 13.0 Å². The summed E-state index contributed by atoms with van der Waals surface area (Å²) < 4.78 is 44.3. The largest absolute Gasteiger partial charge is 2.00 e. The third-order valence-corrected chi connectivity index (χ3v) is 8.96. The molecule has 3 aromatic rings. The van der Waals surface area contributed by atoms with Crippen molar-refractivity contribution in [2.45, 2.75) is 23.9 Å². The summed E-state index contributed by atoms with van der Waals surface area (Å²) in [6.45, 7) is 0.471. The molecule has 2 saturated carbocycles. The van der Waals surface area contributed by atoms with Crippen LogP contribution in [0.1, 0.15) is 17.5 Å². The zero-order valence-electron chi connectivity index (χ0n) is 23.1. The van der Waals surface area contributed by atoms with Crippen molar-refractivity contribution in [2.24, 2.45) is 0 Å². The fourth-order valence-electron chi connectivity index (χ4n) is 5.39. The van der Waals surface area contributed by atoms with Crippen LogP contribution in [-0.4, -0.2) is 37.6 Å². The van der Waals surface area contributed by atoms with Gasteiger partial charge in [0.25, 0.3) is 0 Å².